The Labute approximate surface area is 145 Å². The second-order valence-electron chi connectivity index (χ2n) is 7.16. The molecule has 0 spiro atoms. The van der Waals surface area contributed by atoms with Gasteiger partial charge >= 0.3 is 0 Å². The highest BCUT2D eigenvalue weighted by molar-refractivity contribution is 5.90. The van der Waals surface area contributed by atoms with E-state index in [-0.39, 0.29) is 28.5 Å². The third-order valence-corrected chi connectivity index (χ3v) is 4.93. The molecule has 0 bridgehead atoms. The largest absolute Gasteiger partial charge is 0.349 e. The van der Waals surface area contributed by atoms with Crippen LogP contribution in [0.3, 0.4) is 0 Å². The highest BCUT2D eigenvalue weighted by atomic mass is 19.1. The van der Waals surface area contributed by atoms with Crippen molar-refractivity contribution in [2.24, 2.45) is 11.3 Å². The fraction of sp³-hybridized carbons (Fsp3) is 0.421. The van der Waals surface area contributed by atoms with Gasteiger partial charge in [-0.15, -0.1) is 0 Å². The molecule has 3 rings (SSSR count). The first-order valence-corrected chi connectivity index (χ1v) is 8.46. The standard InChI is InChI=1S/C19H22FN3O2/c1-12-10-21-16(23-17(12)24)18(25)22-11-19(2,14-5-6-14)9-13-3-7-15(20)8-4-13/h3-4,7-8,10,14H,5-6,9,11H2,1-2H3,(H,22,25)(H,21,23,24)/t19-/m1/s1. The van der Waals surface area contributed by atoms with Crippen LogP contribution in [0.2, 0.25) is 0 Å². The van der Waals surface area contributed by atoms with Crippen molar-refractivity contribution in [3.8, 4) is 0 Å². The molecule has 2 aromatic rings. The summed E-state index contributed by atoms with van der Waals surface area (Å²) in [7, 11) is 0. The molecule has 132 valence electrons. The number of carbonyl (C=O) groups excluding carboxylic acids is 1. The topological polar surface area (TPSA) is 74.8 Å². The summed E-state index contributed by atoms with van der Waals surface area (Å²) in [5, 5.41) is 2.89. The van der Waals surface area contributed by atoms with Crippen molar-refractivity contribution in [3.63, 3.8) is 0 Å². The van der Waals surface area contributed by atoms with E-state index in [1.807, 2.05) is 0 Å². The lowest BCUT2D eigenvalue weighted by Crippen LogP contribution is -2.39. The lowest BCUT2D eigenvalue weighted by Gasteiger charge is -2.30. The summed E-state index contributed by atoms with van der Waals surface area (Å²) in [5.74, 6) is -0.0823. The van der Waals surface area contributed by atoms with Crippen molar-refractivity contribution >= 4 is 5.91 Å². The molecule has 0 saturated heterocycles. The highest BCUT2D eigenvalue weighted by Crippen LogP contribution is 2.47. The Balaban J connectivity index is 1.69. The van der Waals surface area contributed by atoms with Crippen molar-refractivity contribution in [1.29, 1.82) is 0 Å². The van der Waals surface area contributed by atoms with Gasteiger partial charge in [0.05, 0.1) is 0 Å². The number of benzene rings is 1. The van der Waals surface area contributed by atoms with Gasteiger partial charge in [-0.2, -0.15) is 0 Å². The molecule has 1 heterocycles. The van der Waals surface area contributed by atoms with Crippen LogP contribution < -0.4 is 10.9 Å². The molecule has 1 saturated carbocycles. The molecular weight excluding hydrogens is 321 g/mol. The van der Waals surface area contributed by atoms with Crippen molar-refractivity contribution in [1.82, 2.24) is 15.3 Å². The van der Waals surface area contributed by atoms with E-state index in [4.69, 9.17) is 0 Å². The minimum Gasteiger partial charge on any atom is -0.349 e. The molecule has 1 aromatic carbocycles. The van der Waals surface area contributed by atoms with Crippen LogP contribution >= 0.6 is 0 Å². The van der Waals surface area contributed by atoms with Crippen LogP contribution in [0.15, 0.2) is 35.3 Å². The highest BCUT2D eigenvalue weighted by Gasteiger charge is 2.41. The van der Waals surface area contributed by atoms with E-state index in [9.17, 15) is 14.0 Å². The van der Waals surface area contributed by atoms with E-state index in [2.05, 4.69) is 22.2 Å². The fourth-order valence-corrected chi connectivity index (χ4v) is 3.14. The fourth-order valence-electron chi connectivity index (χ4n) is 3.14. The number of hydrogen-bond donors (Lipinski definition) is 2. The van der Waals surface area contributed by atoms with Crippen LogP contribution in [0.25, 0.3) is 0 Å². The van der Waals surface area contributed by atoms with Crippen LogP contribution in [0.5, 0.6) is 0 Å². The number of H-pyrrole nitrogens is 1. The van der Waals surface area contributed by atoms with Gasteiger partial charge in [-0.1, -0.05) is 19.1 Å². The zero-order valence-electron chi connectivity index (χ0n) is 14.4. The Morgan fingerprint density at radius 2 is 2.04 bits per heavy atom. The van der Waals surface area contributed by atoms with Gasteiger partial charge in [-0.25, -0.2) is 9.37 Å². The van der Waals surface area contributed by atoms with Gasteiger partial charge < -0.3 is 10.3 Å². The second kappa shape index (κ2) is 6.78. The molecule has 6 heteroatoms. The Kier molecular flexibility index (Phi) is 4.70. The number of hydrogen-bond acceptors (Lipinski definition) is 3. The summed E-state index contributed by atoms with van der Waals surface area (Å²) in [4.78, 5) is 30.4. The van der Waals surface area contributed by atoms with Gasteiger partial charge in [0.25, 0.3) is 11.5 Å². The van der Waals surface area contributed by atoms with Crippen molar-refractivity contribution < 1.29 is 9.18 Å². The second-order valence-corrected chi connectivity index (χ2v) is 7.16. The summed E-state index contributed by atoms with van der Waals surface area (Å²) in [5.41, 5.74) is 1.09. The molecule has 0 aliphatic heterocycles. The summed E-state index contributed by atoms with van der Waals surface area (Å²) in [6.07, 6.45) is 4.42. The third kappa shape index (κ3) is 4.13. The van der Waals surface area contributed by atoms with Crippen molar-refractivity contribution in [2.75, 3.05) is 6.54 Å². The van der Waals surface area contributed by atoms with Gasteiger partial charge in [0, 0.05) is 18.3 Å². The van der Waals surface area contributed by atoms with Gasteiger partial charge in [0.15, 0.2) is 5.82 Å². The number of carbonyl (C=O) groups is 1. The minimum absolute atomic E-state index is 0.0236. The zero-order valence-corrected chi connectivity index (χ0v) is 14.4. The number of amides is 1. The van der Waals surface area contributed by atoms with Crippen LogP contribution in [0.4, 0.5) is 4.39 Å². The quantitative estimate of drug-likeness (QED) is 0.847. The number of aryl methyl sites for hydroxylation is 1. The molecule has 2 N–H and O–H groups in total. The van der Waals surface area contributed by atoms with Crippen molar-refractivity contribution in [3.05, 3.63) is 63.6 Å². The molecule has 1 aliphatic rings. The first-order valence-electron chi connectivity index (χ1n) is 8.46. The lowest BCUT2D eigenvalue weighted by atomic mass is 9.79. The lowest BCUT2D eigenvalue weighted by molar-refractivity contribution is 0.0915. The number of aromatic amines is 1. The molecule has 1 amide bonds. The molecule has 5 nitrogen and oxygen atoms in total. The molecule has 0 radical (unpaired) electrons. The van der Waals surface area contributed by atoms with Gasteiger partial charge in [-0.3, -0.25) is 9.59 Å². The Hall–Kier alpha value is -2.50. The summed E-state index contributed by atoms with van der Waals surface area (Å²) in [6.45, 7) is 4.26. The molecule has 25 heavy (non-hydrogen) atoms. The van der Waals surface area contributed by atoms with E-state index in [1.54, 1.807) is 19.1 Å². The number of aromatic nitrogens is 2. The average molecular weight is 343 g/mol. The Morgan fingerprint density at radius 3 is 2.64 bits per heavy atom. The average Bonchev–Trinajstić information content (AvgIpc) is 3.43. The third-order valence-electron chi connectivity index (χ3n) is 4.93. The van der Waals surface area contributed by atoms with Gasteiger partial charge in [0.2, 0.25) is 0 Å². The SMILES string of the molecule is Cc1cnc(C(=O)NC[C@@](C)(Cc2ccc(F)cc2)C2CC2)[nH]c1=O. The maximum Gasteiger partial charge on any atom is 0.287 e. The summed E-state index contributed by atoms with van der Waals surface area (Å²) in [6, 6.07) is 6.50. The van der Waals surface area contributed by atoms with Gasteiger partial charge in [0.1, 0.15) is 5.82 Å². The first-order chi connectivity index (χ1) is 11.9. The summed E-state index contributed by atoms with van der Waals surface area (Å²) >= 11 is 0. The predicted molar refractivity (Wildman–Crippen MR) is 92.9 cm³/mol. The monoisotopic (exact) mass is 343 g/mol. The van der Waals surface area contributed by atoms with E-state index in [1.165, 1.54) is 18.3 Å². The van der Waals surface area contributed by atoms with Crippen LogP contribution in [-0.4, -0.2) is 22.4 Å². The maximum atomic E-state index is 13.1. The first kappa shape index (κ1) is 17.3. The van der Waals surface area contributed by atoms with Crippen molar-refractivity contribution in [2.45, 2.75) is 33.1 Å². The molecule has 1 atom stereocenters. The van der Waals surface area contributed by atoms with E-state index >= 15 is 0 Å². The number of nitrogens with zero attached hydrogens (tertiary/aromatic N) is 1. The maximum absolute atomic E-state index is 13.1. The molecule has 1 aromatic heterocycles. The van der Waals surface area contributed by atoms with E-state index < -0.39 is 0 Å². The van der Waals surface area contributed by atoms with Gasteiger partial charge in [-0.05, 0) is 55.2 Å². The predicted octanol–water partition coefficient (Wildman–Crippen LogP) is 2.61. The Morgan fingerprint density at radius 1 is 1.36 bits per heavy atom. The number of halogens is 1. The zero-order chi connectivity index (χ0) is 18.0. The Bertz CT molecular complexity index is 827. The van der Waals surface area contributed by atoms with E-state index in [0.717, 1.165) is 24.8 Å². The molecule has 0 unspecified atom stereocenters. The van der Waals surface area contributed by atoms with Crippen LogP contribution in [0, 0.1) is 24.1 Å². The molecular formula is C19H22FN3O2. The smallest absolute Gasteiger partial charge is 0.287 e. The molecule has 1 aliphatic carbocycles. The van der Waals surface area contributed by atoms with E-state index in [0.29, 0.717) is 18.0 Å². The molecule has 1 fully saturated rings. The summed E-state index contributed by atoms with van der Waals surface area (Å²) < 4.78 is 13.1. The van der Waals surface area contributed by atoms with Crippen LogP contribution in [-0.2, 0) is 6.42 Å². The number of nitrogens with one attached hydrogen (secondary N) is 2. The van der Waals surface area contributed by atoms with Crippen LogP contribution in [0.1, 0.15) is 41.5 Å². The number of rotatable bonds is 6. The normalized spacial score (nSPS) is 16.3. The minimum atomic E-state index is -0.386.